The Hall–Kier alpha value is -3.77. The van der Waals surface area contributed by atoms with Crippen LogP contribution >= 0.6 is 11.6 Å². The number of alkyl halides is 3. The fourth-order valence-electron chi connectivity index (χ4n) is 4.27. The number of anilines is 3. The Morgan fingerprint density at radius 2 is 1.92 bits per heavy atom. The van der Waals surface area contributed by atoms with E-state index in [2.05, 4.69) is 25.5 Å². The SMILES string of the molecule is C[C@H]1CNc2ncnc(Oc3cc(C(=O)Nc4cc(N5CCN(C)CC5)cc(C(F)(F)F)c4)ccc3Cl)c2O1. The molecule has 2 N–H and O–H groups in total. The smallest absolute Gasteiger partial charge is 0.416 e. The van der Waals surface area contributed by atoms with Crippen LogP contribution < -0.4 is 25.0 Å². The fourth-order valence-corrected chi connectivity index (χ4v) is 4.43. The molecule has 2 aliphatic rings. The topological polar surface area (TPSA) is 91.9 Å². The Balaban J connectivity index is 1.39. The van der Waals surface area contributed by atoms with Gasteiger partial charge in [-0.1, -0.05) is 11.6 Å². The van der Waals surface area contributed by atoms with Crippen molar-refractivity contribution >= 4 is 34.7 Å². The van der Waals surface area contributed by atoms with Crippen molar-refractivity contribution < 1.29 is 27.4 Å². The first-order valence-electron chi connectivity index (χ1n) is 12.3. The minimum Gasteiger partial charge on any atom is -0.480 e. The van der Waals surface area contributed by atoms with Crippen molar-refractivity contribution in [2.45, 2.75) is 19.2 Å². The normalized spacial score (nSPS) is 17.6. The lowest BCUT2D eigenvalue weighted by molar-refractivity contribution is -0.137. The van der Waals surface area contributed by atoms with Crippen LogP contribution in [0.5, 0.6) is 17.4 Å². The lowest BCUT2D eigenvalue weighted by Gasteiger charge is -2.34. The quantitative estimate of drug-likeness (QED) is 0.442. The number of hydrogen-bond donors (Lipinski definition) is 2. The maximum absolute atomic E-state index is 13.7. The summed E-state index contributed by atoms with van der Waals surface area (Å²) in [4.78, 5) is 25.4. The number of likely N-dealkylation sites (N-methyl/N-ethyl adjacent to an activating group) is 1. The molecule has 1 fully saturated rings. The van der Waals surface area contributed by atoms with Gasteiger partial charge in [-0.25, -0.2) is 4.98 Å². The highest BCUT2D eigenvalue weighted by Gasteiger charge is 2.32. The predicted octanol–water partition coefficient (Wildman–Crippen LogP) is 5.14. The second-order valence-corrected chi connectivity index (χ2v) is 9.83. The molecule has 2 aliphatic heterocycles. The number of amides is 1. The third-order valence-corrected chi connectivity index (χ3v) is 6.73. The van der Waals surface area contributed by atoms with E-state index in [0.717, 1.165) is 25.2 Å². The number of fused-ring (bicyclic) bond motifs is 1. The van der Waals surface area contributed by atoms with Crippen LogP contribution in [0.15, 0.2) is 42.7 Å². The lowest BCUT2D eigenvalue weighted by atomic mass is 10.1. The molecule has 1 atom stereocenters. The number of hydrogen-bond acceptors (Lipinski definition) is 8. The summed E-state index contributed by atoms with van der Waals surface area (Å²) >= 11 is 6.32. The average molecular weight is 563 g/mol. The van der Waals surface area contributed by atoms with Crippen molar-refractivity contribution in [3.63, 3.8) is 0 Å². The minimum atomic E-state index is -4.57. The zero-order valence-corrected chi connectivity index (χ0v) is 21.9. The minimum absolute atomic E-state index is 0.0273. The Bertz CT molecular complexity index is 1380. The van der Waals surface area contributed by atoms with Gasteiger partial charge in [0.2, 0.25) is 5.75 Å². The lowest BCUT2D eigenvalue weighted by Crippen LogP contribution is -2.44. The zero-order chi connectivity index (χ0) is 27.7. The summed E-state index contributed by atoms with van der Waals surface area (Å²) < 4.78 is 52.8. The molecule has 5 rings (SSSR count). The van der Waals surface area contributed by atoms with Crippen molar-refractivity contribution in [2.75, 3.05) is 55.3 Å². The van der Waals surface area contributed by atoms with Crippen LogP contribution in [0.3, 0.4) is 0 Å². The third kappa shape index (κ3) is 6.12. The van der Waals surface area contributed by atoms with Gasteiger partial charge in [-0.2, -0.15) is 18.2 Å². The van der Waals surface area contributed by atoms with E-state index in [1.54, 1.807) is 6.07 Å². The van der Waals surface area contributed by atoms with E-state index < -0.39 is 17.6 Å². The van der Waals surface area contributed by atoms with E-state index in [1.165, 1.54) is 24.5 Å². The van der Waals surface area contributed by atoms with Gasteiger partial charge in [0.25, 0.3) is 11.8 Å². The number of ether oxygens (including phenoxy) is 2. The van der Waals surface area contributed by atoms with Gasteiger partial charge in [-0.3, -0.25) is 4.79 Å². The first-order valence-corrected chi connectivity index (χ1v) is 12.6. The van der Waals surface area contributed by atoms with E-state index in [-0.39, 0.29) is 34.0 Å². The highest BCUT2D eigenvalue weighted by atomic mass is 35.5. The van der Waals surface area contributed by atoms with Gasteiger partial charge in [0, 0.05) is 43.1 Å². The Labute approximate surface area is 227 Å². The maximum Gasteiger partial charge on any atom is 0.416 e. The van der Waals surface area contributed by atoms with Gasteiger partial charge in [-0.05, 0) is 50.4 Å². The first kappa shape index (κ1) is 26.8. The molecule has 39 heavy (non-hydrogen) atoms. The van der Waals surface area contributed by atoms with Crippen LogP contribution in [0.1, 0.15) is 22.8 Å². The van der Waals surface area contributed by atoms with Gasteiger partial charge >= 0.3 is 6.18 Å². The molecule has 206 valence electrons. The molecule has 1 saturated heterocycles. The van der Waals surface area contributed by atoms with Gasteiger partial charge < -0.3 is 29.9 Å². The average Bonchev–Trinajstić information content (AvgIpc) is 2.90. The van der Waals surface area contributed by atoms with Crippen molar-refractivity contribution in [3.8, 4) is 17.4 Å². The zero-order valence-electron chi connectivity index (χ0n) is 21.2. The molecular formula is C26H26ClF3N6O3. The van der Waals surface area contributed by atoms with Crippen LogP contribution in [0.2, 0.25) is 5.02 Å². The van der Waals surface area contributed by atoms with Crippen LogP contribution in [0, 0.1) is 0 Å². The Morgan fingerprint density at radius 1 is 1.15 bits per heavy atom. The van der Waals surface area contributed by atoms with Crippen LogP contribution in [0.25, 0.3) is 0 Å². The van der Waals surface area contributed by atoms with Gasteiger partial charge in [0.1, 0.15) is 18.2 Å². The predicted molar refractivity (Wildman–Crippen MR) is 141 cm³/mol. The largest absolute Gasteiger partial charge is 0.480 e. The number of carbonyl (C=O) groups is 1. The van der Waals surface area contributed by atoms with Crippen molar-refractivity contribution in [2.24, 2.45) is 0 Å². The molecule has 9 nitrogen and oxygen atoms in total. The third-order valence-electron chi connectivity index (χ3n) is 6.42. The second kappa shape index (κ2) is 10.8. The number of piperazine rings is 1. The molecule has 0 aliphatic carbocycles. The summed E-state index contributed by atoms with van der Waals surface area (Å²) in [6, 6.07) is 7.88. The summed E-state index contributed by atoms with van der Waals surface area (Å²) in [5, 5.41) is 5.91. The number of carbonyl (C=O) groups excluding carboxylic acids is 1. The molecule has 2 aromatic carbocycles. The van der Waals surface area contributed by atoms with E-state index in [9.17, 15) is 18.0 Å². The molecule has 13 heteroatoms. The summed E-state index contributed by atoms with van der Waals surface area (Å²) in [6.45, 7) is 5.03. The Morgan fingerprint density at radius 3 is 2.67 bits per heavy atom. The number of rotatable bonds is 5. The van der Waals surface area contributed by atoms with E-state index in [0.29, 0.717) is 36.9 Å². The van der Waals surface area contributed by atoms with Gasteiger partial charge in [-0.15, -0.1) is 0 Å². The summed E-state index contributed by atoms with van der Waals surface area (Å²) in [5.74, 6) is 0.366. The molecule has 1 aromatic heterocycles. The maximum atomic E-state index is 13.7. The van der Waals surface area contributed by atoms with E-state index >= 15 is 0 Å². The summed E-state index contributed by atoms with van der Waals surface area (Å²) in [6.07, 6.45) is -3.42. The summed E-state index contributed by atoms with van der Waals surface area (Å²) in [7, 11) is 1.96. The number of benzene rings is 2. The Kier molecular flexibility index (Phi) is 7.41. The highest BCUT2D eigenvalue weighted by Crippen LogP contribution is 2.40. The van der Waals surface area contributed by atoms with E-state index in [1.807, 2.05) is 18.9 Å². The van der Waals surface area contributed by atoms with Crippen LogP contribution in [-0.4, -0.2) is 66.7 Å². The van der Waals surface area contributed by atoms with Crippen LogP contribution in [0.4, 0.5) is 30.4 Å². The standard InChI is InChI=1S/C26H26ClF3N6O3/c1-15-13-31-23-22(38-15)25(33-14-32-23)39-21-9-16(3-4-20(21)27)24(37)34-18-10-17(26(28,29)30)11-19(12-18)36-7-5-35(2)6-8-36/h3-4,9-12,14-15H,5-8,13H2,1-2H3,(H,34,37)(H,31,32,33)/t15-/m0/s1. The van der Waals surface area contributed by atoms with Crippen molar-refractivity contribution in [3.05, 3.63) is 58.9 Å². The van der Waals surface area contributed by atoms with Crippen molar-refractivity contribution in [1.82, 2.24) is 14.9 Å². The number of nitrogens with one attached hydrogen (secondary N) is 2. The number of aromatic nitrogens is 2. The second-order valence-electron chi connectivity index (χ2n) is 9.42. The fraction of sp³-hybridized carbons (Fsp3) is 0.346. The molecule has 0 spiro atoms. The van der Waals surface area contributed by atoms with Crippen molar-refractivity contribution in [1.29, 1.82) is 0 Å². The number of nitrogens with zero attached hydrogens (tertiary/aromatic N) is 4. The summed E-state index contributed by atoms with van der Waals surface area (Å²) in [5.41, 5.74) is -0.293. The number of halogens is 4. The molecule has 3 aromatic rings. The molecule has 0 unspecified atom stereocenters. The van der Waals surface area contributed by atoms with Crippen LogP contribution in [-0.2, 0) is 6.18 Å². The van der Waals surface area contributed by atoms with Gasteiger partial charge in [0.05, 0.1) is 17.1 Å². The van der Waals surface area contributed by atoms with Gasteiger partial charge in [0.15, 0.2) is 5.82 Å². The molecule has 1 amide bonds. The molecular weight excluding hydrogens is 537 g/mol. The molecule has 0 radical (unpaired) electrons. The molecule has 0 bridgehead atoms. The molecule has 0 saturated carbocycles. The monoisotopic (exact) mass is 562 g/mol. The first-order chi connectivity index (χ1) is 18.6. The molecule has 3 heterocycles. The van der Waals surface area contributed by atoms with E-state index in [4.69, 9.17) is 21.1 Å². The highest BCUT2D eigenvalue weighted by molar-refractivity contribution is 6.32.